The molecule has 6 rings (SSSR count). The van der Waals surface area contributed by atoms with Gasteiger partial charge in [0.05, 0.1) is 16.2 Å². The van der Waals surface area contributed by atoms with E-state index in [0.717, 1.165) is 59.8 Å². The Bertz CT molecular complexity index is 1820. The van der Waals surface area contributed by atoms with Gasteiger partial charge in [-0.05, 0) is 61.2 Å². The van der Waals surface area contributed by atoms with Crippen molar-refractivity contribution in [3.05, 3.63) is 71.6 Å². The molecule has 0 spiro atoms. The van der Waals surface area contributed by atoms with Crippen molar-refractivity contribution in [1.82, 2.24) is 24.6 Å². The molecule has 2 atom stereocenters. The third kappa shape index (κ3) is 4.96. The first-order valence-electron chi connectivity index (χ1n) is 13.3. The Morgan fingerprint density at radius 1 is 1.10 bits per heavy atom. The van der Waals surface area contributed by atoms with Gasteiger partial charge in [-0.1, -0.05) is 43.5 Å². The molecule has 4 N–H and O–H groups in total. The number of nitrogens with zero attached hydrogens (tertiary/aromatic N) is 5. The Labute approximate surface area is 237 Å². The molecular formula is C28H29ClN8O2S. The molecular weight excluding hydrogens is 548 g/mol. The number of nitrogens with one attached hydrogen (secondary N) is 2. The summed E-state index contributed by atoms with van der Waals surface area (Å²) in [5.74, 6) is 0.742. The van der Waals surface area contributed by atoms with Crippen LogP contribution >= 0.6 is 11.6 Å². The van der Waals surface area contributed by atoms with Crippen molar-refractivity contribution in [3.63, 3.8) is 0 Å². The number of aryl methyl sites for hydroxylation is 1. The van der Waals surface area contributed by atoms with Crippen LogP contribution in [0.4, 0.5) is 11.8 Å². The zero-order valence-corrected chi connectivity index (χ0v) is 23.5. The van der Waals surface area contributed by atoms with Gasteiger partial charge in [-0.3, -0.25) is 4.72 Å². The lowest BCUT2D eigenvalue weighted by Gasteiger charge is -2.29. The summed E-state index contributed by atoms with van der Waals surface area (Å²) in [6.07, 6.45) is 8.25. The molecule has 0 unspecified atom stereocenters. The molecule has 206 valence electrons. The highest BCUT2D eigenvalue weighted by molar-refractivity contribution is 7.92. The lowest BCUT2D eigenvalue weighted by Crippen LogP contribution is -2.42. The number of aromatic nitrogens is 5. The van der Waals surface area contributed by atoms with E-state index in [1.165, 1.54) is 18.5 Å². The van der Waals surface area contributed by atoms with Crippen molar-refractivity contribution >= 4 is 49.8 Å². The van der Waals surface area contributed by atoms with Crippen LogP contribution in [-0.2, 0) is 16.4 Å². The summed E-state index contributed by atoms with van der Waals surface area (Å²) in [4.78, 5) is 13.6. The number of hydrogen-bond acceptors (Lipinski definition) is 8. The summed E-state index contributed by atoms with van der Waals surface area (Å²) in [7, 11) is -3.96. The van der Waals surface area contributed by atoms with E-state index < -0.39 is 10.0 Å². The molecule has 10 nitrogen and oxygen atoms in total. The lowest BCUT2D eigenvalue weighted by molar-refractivity contribution is 0.402. The summed E-state index contributed by atoms with van der Waals surface area (Å²) >= 11 is 6.14. The second-order valence-electron chi connectivity index (χ2n) is 9.98. The van der Waals surface area contributed by atoms with E-state index in [1.807, 2.05) is 18.3 Å². The smallest absolute Gasteiger partial charge is 0.264 e. The van der Waals surface area contributed by atoms with E-state index in [-0.39, 0.29) is 27.8 Å². The number of hydrogen-bond donors (Lipinski definition) is 3. The van der Waals surface area contributed by atoms with Crippen molar-refractivity contribution in [2.45, 2.75) is 56.0 Å². The molecule has 40 heavy (non-hydrogen) atoms. The molecule has 2 aromatic carbocycles. The van der Waals surface area contributed by atoms with Crippen molar-refractivity contribution in [1.29, 1.82) is 0 Å². The third-order valence-corrected chi connectivity index (χ3v) is 9.22. The van der Waals surface area contributed by atoms with E-state index in [0.29, 0.717) is 11.5 Å². The molecule has 0 radical (unpaired) electrons. The van der Waals surface area contributed by atoms with Crippen molar-refractivity contribution < 1.29 is 8.42 Å². The Kier molecular flexibility index (Phi) is 7.03. The number of benzene rings is 2. The summed E-state index contributed by atoms with van der Waals surface area (Å²) in [6.45, 7) is 2.09. The van der Waals surface area contributed by atoms with E-state index in [4.69, 9.17) is 22.3 Å². The fourth-order valence-electron chi connectivity index (χ4n) is 5.29. The fraction of sp³-hybridized carbons (Fsp3) is 0.286. The van der Waals surface area contributed by atoms with E-state index in [2.05, 4.69) is 38.1 Å². The van der Waals surface area contributed by atoms with Gasteiger partial charge < -0.3 is 11.1 Å². The van der Waals surface area contributed by atoms with Crippen LogP contribution < -0.4 is 15.8 Å². The highest BCUT2D eigenvalue weighted by Crippen LogP contribution is 2.31. The van der Waals surface area contributed by atoms with Gasteiger partial charge >= 0.3 is 0 Å². The number of nitrogens with two attached hydrogens (primary N) is 1. The molecule has 3 heterocycles. The molecule has 1 saturated carbocycles. The average Bonchev–Trinajstić information content (AvgIpc) is 3.39. The number of sulfonamides is 1. The highest BCUT2D eigenvalue weighted by Gasteiger charge is 2.23. The zero-order valence-electron chi connectivity index (χ0n) is 21.9. The maximum absolute atomic E-state index is 13.1. The Morgan fingerprint density at radius 2 is 1.93 bits per heavy atom. The first-order chi connectivity index (χ1) is 19.3. The minimum absolute atomic E-state index is 0.0262. The van der Waals surface area contributed by atoms with Crippen LogP contribution in [0.1, 0.15) is 38.2 Å². The van der Waals surface area contributed by atoms with Gasteiger partial charge in [0, 0.05) is 29.2 Å². The highest BCUT2D eigenvalue weighted by atomic mass is 35.5. The van der Waals surface area contributed by atoms with Crippen molar-refractivity contribution in [3.8, 4) is 11.3 Å². The maximum Gasteiger partial charge on any atom is 0.264 e. The summed E-state index contributed by atoms with van der Waals surface area (Å²) < 4.78 is 30.3. The largest absolute Gasteiger partial charge is 0.350 e. The number of fused-ring (bicyclic) bond motifs is 2. The zero-order chi connectivity index (χ0) is 27.9. The van der Waals surface area contributed by atoms with Gasteiger partial charge in [0.25, 0.3) is 10.0 Å². The summed E-state index contributed by atoms with van der Waals surface area (Å²) in [6, 6.07) is 14.3. The second kappa shape index (κ2) is 10.6. The van der Waals surface area contributed by atoms with Crippen molar-refractivity contribution in [2.24, 2.45) is 5.73 Å². The molecule has 1 fully saturated rings. The summed E-state index contributed by atoms with van der Waals surface area (Å²) in [5.41, 5.74) is 10.5. The molecule has 5 aromatic rings. The Balaban J connectivity index is 1.35. The van der Waals surface area contributed by atoms with Gasteiger partial charge in [-0.25, -0.2) is 27.9 Å². The van der Waals surface area contributed by atoms with Gasteiger partial charge in [-0.15, -0.1) is 0 Å². The quantitative estimate of drug-likeness (QED) is 0.245. The first kappa shape index (κ1) is 26.4. The molecule has 0 amide bonds. The molecule has 0 saturated heterocycles. The third-order valence-electron chi connectivity index (χ3n) is 7.38. The Morgan fingerprint density at radius 3 is 2.73 bits per heavy atom. The number of rotatable bonds is 7. The lowest BCUT2D eigenvalue weighted by atomic mass is 9.91. The van der Waals surface area contributed by atoms with E-state index in [9.17, 15) is 8.42 Å². The predicted octanol–water partition coefficient (Wildman–Crippen LogP) is 5.04. The monoisotopic (exact) mass is 576 g/mol. The van der Waals surface area contributed by atoms with Gasteiger partial charge in [0.15, 0.2) is 5.82 Å². The SMILES string of the molecule is CCc1cc(-c2ccc3c(NS(=O)(=O)c4ccccc4Cl)ncnn23)cc2cnc(N[C@H]3CCCC[C@@H]3N)nc12. The molecule has 0 aliphatic heterocycles. The summed E-state index contributed by atoms with van der Waals surface area (Å²) in [5, 5.41) is 8.89. The van der Waals surface area contributed by atoms with Crippen LogP contribution in [0.25, 0.3) is 27.7 Å². The van der Waals surface area contributed by atoms with Gasteiger partial charge in [0.1, 0.15) is 16.7 Å². The predicted molar refractivity (Wildman–Crippen MR) is 157 cm³/mol. The van der Waals surface area contributed by atoms with Crippen LogP contribution in [0.2, 0.25) is 5.02 Å². The standard InChI is InChI=1S/C28H29ClN8O2S/c1-2-17-13-18(14-19-15-31-28(35-26(17)19)34-22-9-5-4-8-21(22)30)23-11-12-24-27(32-16-33-37(23)24)36-40(38,39)25-10-6-3-7-20(25)29/h3,6-7,10-16,21-22H,2,4-5,8-9,30H2,1H3,(H,31,34,35)(H,32,33,36)/t21-,22-/m0/s1. The van der Waals surface area contributed by atoms with E-state index in [1.54, 1.807) is 22.7 Å². The molecule has 1 aliphatic rings. The topological polar surface area (TPSA) is 140 Å². The molecule has 3 aromatic heterocycles. The minimum atomic E-state index is -3.96. The molecule has 1 aliphatic carbocycles. The average molecular weight is 577 g/mol. The van der Waals surface area contributed by atoms with Gasteiger partial charge in [0.2, 0.25) is 5.95 Å². The normalized spacial score (nSPS) is 17.8. The molecule has 12 heteroatoms. The van der Waals surface area contributed by atoms with E-state index >= 15 is 0 Å². The fourth-order valence-corrected chi connectivity index (χ4v) is 6.83. The van der Waals surface area contributed by atoms with Crippen LogP contribution in [0.5, 0.6) is 0 Å². The van der Waals surface area contributed by atoms with Gasteiger partial charge in [-0.2, -0.15) is 5.10 Å². The van der Waals surface area contributed by atoms with Crippen LogP contribution in [0.15, 0.2) is 66.0 Å². The first-order valence-corrected chi connectivity index (χ1v) is 15.1. The van der Waals surface area contributed by atoms with Crippen LogP contribution in [0.3, 0.4) is 0 Å². The number of anilines is 2. The second-order valence-corrected chi connectivity index (χ2v) is 12.0. The minimum Gasteiger partial charge on any atom is -0.350 e. The number of halogens is 1. The van der Waals surface area contributed by atoms with Crippen LogP contribution in [0, 0.1) is 0 Å². The molecule has 0 bridgehead atoms. The van der Waals surface area contributed by atoms with Crippen molar-refractivity contribution in [2.75, 3.05) is 10.0 Å². The maximum atomic E-state index is 13.1. The van der Waals surface area contributed by atoms with Crippen LogP contribution in [-0.4, -0.2) is 45.1 Å². The Hall–Kier alpha value is -3.80.